The Hall–Kier alpha value is -1.42. The van der Waals surface area contributed by atoms with Crippen LogP contribution in [0, 0.1) is 5.92 Å². The SMILES string of the molecule is CC(C)CCCOc1c(Cl)cc(N)cc1C(=O)O. The van der Waals surface area contributed by atoms with Gasteiger partial charge in [0.05, 0.1) is 11.6 Å². The second-order valence-corrected chi connectivity index (χ2v) is 4.98. The molecule has 0 aromatic heterocycles. The molecule has 0 saturated heterocycles. The number of nitrogen functional groups attached to an aromatic ring is 1. The standard InChI is InChI=1S/C13H18ClNO3/c1-8(2)4-3-5-18-12-10(13(16)17)6-9(15)7-11(12)14/h6-8H,3-5,15H2,1-2H3,(H,16,17). The monoisotopic (exact) mass is 271 g/mol. The van der Waals surface area contributed by atoms with E-state index in [1.807, 2.05) is 0 Å². The minimum atomic E-state index is -1.09. The van der Waals surface area contributed by atoms with Crippen molar-refractivity contribution in [2.24, 2.45) is 5.92 Å². The molecule has 5 heteroatoms. The van der Waals surface area contributed by atoms with E-state index >= 15 is 0 Å². The van der Waals surface area contributed by atoms with Crippen molar-refractivity contribution in [2.45, 2.75) is 26.7 Å². The summed E-state index contributed by atoms with van der Waals surface area (Å²) in [5, 5.41) is 9.30. The van der Waals surface area contributed by atoms with Gasteiger partial charge >= 0.3 is 5.97 Å². The highest BCUT2D eigenvalue weighted by molar-refractivity contribution is 6.33. The lowest BCUT2D eigenvalue weighted by Crippen LogP contribution is -2.07. The van der Waals surface area contributed by atoms with Gasteiger partial charge in [0.25, 0.3) is 0 Å². The molecule has 4 nitrogen and oxygen atoms in total. The first-order valence-electron chi connectivity index (χ1n) is 5.87. The number of carbonyl (C=O) groups is 1. The summed E-state index contributed by atoms with van der Waals surface area (Å²) >= 11 is 5.95. The number of hydrogen-bond acceptors (Lipinski definition) is 3. The number of anilines is 1. The molecular formula is C13H18ClNO3. The first-order chi connectivity index (χ1) is 8.41. The summed E-state index contributed by atoms with van der Waals surface area (Å²) in [6.07, 6.45) is 1.88. The Kier molecular flexibility index (Phi) is 5.28. The number of carboxylic acids is 1. The van der Waals surface area contributed by atoms with Gasteiger partial charge in [0.1, 0.15) is 5.56 Å². The maximum Gasteiger partial charge on any atom is 0.339 e. The molecule has 0 aliphatic rings. The minimum Gasteiger partial charge on any atom is -0.491 e. The van der Waals surface area contributed by atoms with E-state index in [1.165, 1.54) is 12.1 Å². The van der Waals surface area contributed by atoms with Gasteiger partial charge in [0.2, 0.25) is 0 Å². The smallest absolute Gasteiger partial charge is 0.339 e. The summed E-state index contributed by atoms with van der Waals surface area (Å²) in [5.41, 5.74) is 5.87. The third-order valence-corrected chi connectivity index (χ3v) is 2.75. The Labute approximate surface area is 112 Å². The van der Waals surface area contributed by atoms with Crippen molar-refractivity contribution in [1.82, 2.24) is 0 Å². The zero-order valence-corrected chi connectivity index (χ0v) is 11.3. The fourth-order valence-corrected chi connectivity index (χ4v) is 1.87. The first kappa shape index (κ1) is 14.6. The molecule has 0 fully saturated rings. The minimum absolute atomic E-state index is 0.00421. The van der Waals surface area contributed by atoms with Crippen LogP contribution in [0.15, 0.2) is 12.1 Å². The highest BCUT2D eigenvalue weighted by Gasteiger charge is 2.16. The number of hydrogen-bond donors (Lipinski definition) is 2. The quantitative estimate of drug-likeness (QED) is 0.614. The van der Waals surface area contributed by atoms with Gasteiger partial charge in [-0.15, -0.1) is 0 Å². The number of carboxylic acid groups (broad SMARTS) is 1. The molecule has 0 spiro atoms. The van der Waals surface area contributed by atoms with Crippen molar-refractivity contribution >= 4 is 23.3 Å². The van der Waals surface area contributed by atoms with Crippen molar-refractivity contribution < 1.29 is 14.6 Å². The number of rotatable bonds is 6. The molecule has 0 radical (unpaired) electrons. The average Bonchev–Trinajstić information content (AvgIpc) is 2.25. The lowest BCUT2D eigenvalue weighted by Gasteiger charge is -2.12. The van der Waals surface area contributed by atoms with Crippen molar-refractivity contribution in [1.29, 1.82) is 0 Å². The number of ether oxygens (including phenoxy) is 1. The second-order valence-electron chi connectivity index (χ2n) is 4.57. The van der Waals surface area contributed by atoms with Gasteiger partial charge in [0, 0.05) is 5.69 Å². The highest BCUT2D eigenvalue weighted by Crippen LogP contribution is 2.31. The topological polar surface area (TPSA) is 72.5 Å². The van der Waals surface area contributed by atoms with E-state index in [1.54, 1.807) is 0 Å². The van der Waals surface area contributed by atoms with Crippen molar-refractivity contribution in [2.75, 3.05) is 12.3 Å². The van der Waals surface area contributed by atoms with Crippen molar-refractivity contribution in [3.63, 3.8) is 0 Å². The molecule has 0 unspecified atom stereocenters. The van der Waals surface area contributed by atoms with E-state index in [2.05, 4.69) is 13.8 Å². The zero-order valence-electron chi connectivity index (χ0n) is 10.6. The number of halogens is 1. The van der Waals surface area contributed by atoms with Gasteiger partial charge in [0.15, 0.2) is 5.75 Å². The van der Waals surface area contributed by atoms with Crippen LogP contribution < -0.4 is 10.5 Å². The highest BCUT2D eigenvalue weighted by atomic mass is 35.5. The Bertz CT molecular complexity index is 432. The maximum atomic E-state index is 11.1. The molecule has 0 saturated carbocycles. The summed E-state index contributed by atoms with van der Waals surface area (Å²) in [6, 6.07) is 2.85. The summed E-state index contributed by atoms with van der Waals surface area (Å²) in [4.78, 5) is 11.1. The second kappa shape index (κ2) is 6.50. The maximum absolute atomic E-state index is 11.1. The lowest BCUT2D eigenvalue weighted by molar-refractivity contribution is 0.0692. The van der Waals surface area contributed by atoms with Gasteiger partial charge in [-0.2, -0.15) is 0 Å². The fraction of sp³-hybridized carbons (Fsp3) is 0.462. The molecule has 100 valence electrons. The molecule has 0 atom stereocenters. The predicted molar refractivity (Wildman–Crippen MR) is 72.4 cm³/mol. The van der Waals surface area contributed by atoms with Crippen LogP contribution in [0.1, 0.15) is 37.0 Å². The molecule has 1 aromatic rings. The van der Waals surface area contributed by atoms with E-state index in [0.717, 1.165) is 12.8 Å². The Morgan fingerprint density at radius 2 is 2.17 bits per heavy atom. The Morgan fingerprint density at radius 1 is 1.50 bits per heavy atom. The van der Waals surface area contributed by atoms with Crippen LogP contribution in [0.5, 0.6) is 5.75 Å². The molecule has 3 N–H and O–H groups in total. The van der Waals surface area contributed by atoms with Crippen molar-refractivity contribution in [3.05, 3.63) is 22.7 Å². The van der Waals surface area contributed by atoms with Gasteiger partial charge in [-0.3, -0.25) is 0 Å². The van der Waals surface area contributed by atoms with Crippen LogP contribution in [-0.4, -0.2) is 17.7 Å². The van der Waals surface area contributed by atoms with E-state index in [9.17, 15) is 4.79 Å². The summed E-state index contributed by atoms with van der Waals surface area (Å²) in [7, 11) is 0. The molecule has 18 heavy (non-hydrogen) atoms. The molecule has 0 aliphatic carbocycles. The average molecular weight is 272 g/mol. The fourth-order valence-electron chi connectivity index (χ4n) is 1.59. The number of aromatic carboxylic acids is 1. The van der Waals surface area contributed by atoms with E-state index in [-0.39, 0.29) is 16.3 Å². The van der Waals surface area contributed by atoms with Gasteiger partial charge in [-0.25, -0.2) is 4.79 Å². The number of nitrogens with two attached hydrogens (primary N) is 1. The summed E-state index contributed by atoms with van der Waals surface area (Å²) in [6.45, 7) is 4.69. The van der Waals surface area contributed by atoms with Gasteiger partial charge in [-0.05, 0) is 30.9 Å². The third kappa shape index (κ3) is 4.11. The van der Waals surface area contributed by atoms with E-state index in [4.69, 9.17) is 27.2 Å². The summed E-state index contributed by atoms with van der Waals surface area (Å²) in [5.74, 6) is -0.306. The number of benzene rings is 1. The Balaban J connectivity index is 2.77. The predicted octanol–water partition coefficient (Wildman–Crippen LogP) is 3.44. The van der Waals surface area contributed by atoms with Crippen LogP contribution in [0.25, 0.3) is 0 Å². The normalized spacial score (nSPS) is 10.7. The molecule has 1 aromatic carbocycles. The van der Waals surface area contributed by atoms with Crippen molar-refractivity contribution in [3.8, 4) is 5.75 Å². The first-order valence-corrected chi connectivity index (χ1v) is 6.24. The van der Waals surface area contributed by atoms with Crippen LogP contribution in [0.3, 0.4) is 0 Å². The van der Waals surface area contributed by atoms with Crippen LogP contribution >= 0.6 is 11.6 Å². The summed E-state index contributed by atoms with van der Waals surface area (Å²) < 4.78 is 5.47. The molecule has 0 bridgehead atoms. The van der Waals surface area contributed by atoms with Gasteiger partial charge in [-0.1, -0.05) is 25.4 Å². The van der Waals surface area contributed by atoms with Crippen LogP contribution in [-0.2, 0) is 0 Å². The molecule has 0 amide bonds. The van der Waals surface area contributed by atoms with Crippen LogP contribution in [0.2, 0.25) is 5.02 Å². The van der Waals surface area contributed by atoms with Gasteiger partial charge < -0.3 is 15.6 Å². The zero-order chi connectivity index (χ0) is 13.7. The Morgan fingerprint density at radius 3 is 2.72 bits per heavy atom. The van der Waals surface area contributed by atoms with E-state index in [0.29, 0.717) is 18.2 Å². The molecule has 1 rings (SSSR count). The molecule has 0 aliphatic heterocycles. The van der Waals surface area contributed by atoms with Crippen LogP contribution in [0.4, 0.5) is 5.69 Å². The van der Waals surface area contributed by atoms with E-state index < -0.39 is 5.97 Å². The molecular weight excluding hydrogens is 254 g/mol. The lowest BCUT2D eigenvalue weighted by atomic mass is 10.1. The largest absolute Gasteiger partial charge is 0.491 e. The third-order valence-electron chi connectivity index (χ3n) is 2.47. The molecule has 0 heterocycles.